The molecule has 1 aliphatic rings. The molecule has 0 saturated carbocycles. The van der Waals surface area contributed by atoms with Crippen LogP contribution in [0, 0.1) is 20.8 Å². The van der Waals surface area contributed by atoms with E-state index in [9.17, 15) is 0 Å². The van der Waals surface area contributed by atoms with Gasteiger partial charge in [-0.2, -0.15) is 4.37 Å². The average molecular weight is 528 g/mol. The van der Waals surface area contributed by atoms with E-state index in [4.69, 9.17) is 34.4 Å². The van der Waals surface area contributed by atoms with Crippen molar-refractivity contribution >= 4 is 60.8 Å². The summed E-state index contributed by atoms with van der Waals surface area (Å²) in [6, 6.07) is 15.0. The first kappa shape index (κ1) is 28.5. The van der Waals surface area contributed by atoms with E-state index in [1.54, 1.807) is 23.5 Å². The molecule has 0 aliphatic carbocycles. The molecular weight excluding hydrogens is 490 g/mol. The zero-order chi connectivity index (χ0) is 26.7. The van der Waals surface area contributed by atoms with Gasteiger partial charge in [-0.25, -0.2) is 4.98 Å². The lowest BCUT2D eigenvalue weighted by molar-refractivity contribution is 0.949. The second-order valence-electron chi connectivity index (χ2n) is 8.28. The van der Waals surface area contributed by atoms with Crippen molar-refractivity contribution in [3.63, 3.8) is 0 Å². The molecule has 5 rings (SSSR count). The highest BCUT2D eigenvalue weighted by molar-refractivity contribution is 7.19. The highest BCUT2D eigenvalue weighted by Gasteiger charge is 2.13. The van der Waals surface area contributed by atoms with Crippen LogP contribution in [-0.4, -0.2) is 22.4 Å². The number of rotatable bonds is 1. The van der Waals surface area contributed by atoms with Crippen molar-refractivity contribution in [1.29, 1.82) is 0 Å². The monoisotopic (exact) mass is 527 g/mol. The minimum Gasteiger partial charge on any atom is -0.399 e. The fourth-order valence-electron chi connectivity index (χ4n) is 3.16. The van der Waals surface area contributed by atoms with Crippen molar-refractivity contribution in [3.05, 3.63) is 65.5 Å². The number of nitrogens with two attached hydrogens (primary N) is 6. The van der Waals surface area contributed by atoms with E-state index in [0.717, 1.165) is 44.7 Å². The molecule has 0 radical (unpaired) electrons. The minimum atomic E-state index is 0.539. The maximum absolute atomic E-state index is 5.64. The zero-order valence-corrected chi connectivity index (χ0v) is 22.7. The average Bonchev–Trinajstić information content (AvgIpc) is 3.58. The Morgan fingerprint density at radius 2 is 1.25 bits per heavy atom. The van der Waals surface area contributed by atoms with Gasteiger partial charge in [-0.3, -0.25) is 0 Å². The second-order valence-corrected chi connectivity index (χ2v) is 10.2. The van der Waals surface area contributed by atoms with Gasteiger partial charge in [0.2, 0.25) is 0 Å². The molecule has 0 bridgehead atoms. The van der Waals surface area contributed by atoms with Crippen molar-refractivity contribution in [2.75, 3.05) is 52.4 Å². The number of nitrogens with zero attached hydrogens (tertiary/aromatic N) is 3. The lowest BCUT2D eigenvalue weighted by Crippen LogP contribution is -2.15. The molecule has 0 spiro atoms. The first-order valence-electron chi connectivity index (χ1n) is 11.4. The molecular formula is C25H37N9S2. The van der Waals surface area contributed by atoms with E-state index in [1.165, 1.54) is 42.5 Å². The van der Waals surface area contributed by atoms with Crippen LogP contribution in [0.5, 0.6) is 0 Å². The number of benzene rings is 2. The Morgan fingerprint density at radius 3 is 1.56 bits per heavy atom. The fraction of sp³-hybridized carbons (Fsp3) is 0.280. The molecule has 0 unspecified atom stereocenters. The van der Waals surface area contributed by atoms with Crippen LogP contribution in [0.2, 0.25) is 0 Å². The molecule has 4 aromatic rings. The van der Waals surface area contributed by atoms with Gasteiger partial charge >= 0.3 is 0 Å². The third-order valence-corrected chi connectivity index (χ3v) is 6.77. The molecule has 0 atom stereocenters. The van der Waals surface area contributed by atoms with E-state index >= 15 is 0 Å². The molecule has 11 heteroatoms. The lowest BCUT2D eigenvalue weighted by Gasteiger charge is -2.13. The first-order chi connectivity index (χ1) is 17.0. The Kier molecular flexibility index (Phi) is 11.1. The Bertz CT molecular complexity index is 1150. The molecule has 12 N–H and O–H groups in total. The van der Waals surface area contributed by atoms with E-state index in [-0.39, 0.29) is 0 Å². The van der Waals surface area contributed by atoms with Gasteiger partial charge in [-0.1, -0.05) is 0 Å². The Balaban J connectivity index is 0.000000171. The lowest BCUT2D eigenvalue weighted by atomic mass is 10.2. The smallest absolute Gasteiger partial charge is 0.199 e. The van der Waals surface area contributed by atoms with Crippen LogP contribution in [0.4, 0.5) is 37.9 Å². The molecule has 1 saturated heterocycles. The molecule has 2 aromatic heterocycles. The normalized spacial score (nSPS) is 11.9. The summed E-state index contributed by atoms with van der Waals surface area (Å²) in [6.07, 6.45) is 2.66. The van der Waals surface area contributed by atoms with E-state index in [0.29, 0.717) is 5.13 Å². The fourth-order valence-corrected chi connectivity index (χ4v) is 4.43. The summed E-state index contributed by atoms with van der Waals surface area (Å²) >= 11 is 2.91. The summed E-state index contributed by atoms with van der Waals surface area (Å²) in [4.78, 5) is 6.20. The van der Waals surface area contributed by atoms with E-state index in [1.807, 2.05) is 51.1 Å². The maximum Gasteiger partial charge on any atom is 0.199 e. The van der Waals surface area contributed by atoms with Crippen molar-refractivity contribution in [3.8, 4) is 0 Å². The summed E-state index contributed by atoms with van der Waals surface area (Å²) in [6.45, 7) is 8.10. The Morgan fingerprint density at radius 1 is 0.722 bits per heavy atom. The summed E-state index contributed by atoms with van der Waals surface area (Å²) in [7, 11) is 0. The van der Waals surface area contributed by atoms with Gasteiger partial charge in [-0.05, 0) is 93.3 Å². The molecule has 0 amide bonds. The summed E-state index contributed by atoms with van der Waals surface area (Å²) in [5, 5.41) is 2.80. The second kappa shape index (κ2) is 14.0. The number of hydrogen-bond acceptors (Lipinski definition) is 11. The van der Waals surface area contributed by atoms with Gasteiger partial charge in [0.15, 0.2) is 5.13 Å². The van der Waals surface area contributed by atoms with Crippen LogP contribution in [0.15, 0.2) is 48.5 Å². The summed E-state index contributed by atoms with van der Waals surface area (Å²) in [5.74, 6) is 0.752. The minimum absolute atomic E-state index is 0.539. The van der Waals surface area contributed by atoms with Crippen LogP contribution in [0.3, 0.4) is 0 Å². The number of hydrogen-bond donors (Lipinski definition) is 6. The third kappa shape index (κ3) is 9.88. The standard InChI is InChI=1S/C8H12N2S.2C7H10N2.C3H5N3S/c9-7-3-4-8(11-7)10-5-1-2-6-10;2*1-5-4-6(8)2-3-7(5)9;1-2-5-3(4)7-6-2/h3-4H,1-2,5-6,9H2;2*2-4H,8-9H2,1H3;1H3,(H2,4,5,6). The number of nitrogen functional groups attached to an aromatic ring is 6. The van der Waals surface area contributed by atoms with Gasteiger partial charge in [0, 0.05) is 47.4 Å². The largest absolute Gasteiger partial charge is 0.399 e. The topological polar surface area (TPSA) is 185 Å². The third-order valence-electron chi connectivity index (χ3n) is 5.16. The number of aryl methyl sites for hydroxylation is 3. The Hall–Kier alpha value is -3.70. The number of anilines is 7. The van der Waals surface area contributed by atoms with E-state index in [2.05, 4.69) is 20.3 Å². The molecule has 1 aliphatic heterocycles. The number of aromatic nitrogens is 2. The summed E-state index contributed by atoms with van der Waals surface area (Å²) in [5.41, 5.74) is 38.1. The number of thiophene rings is 1. The van der Waals surface area contributed by atoms with Gasteiger partial charge in [0.05, 0.1) is 10.0 Å². The van der Waals surface area contributed by atoms with Gasteiger partial charge in [-0.15, -0.1) is 11.3 Å². The van der Waals surface area contributed by atoms with Crippen LogP contribution in [0.25, 0.3) is 0 Å². The van der Waals surface area contributed by atoms with Gasteiger partial charge in [0.25, 0.3) is 0 Å². The molecule has 1 fully saturated rings. The van der Waals surface area contributed by atoms with Crippen molar-refractivity contribution in [1.82, 2.24) is 9.36 Å². The molecule has 194 valence electrons. The van der Waals surface area contributed by atoms with Crippen molar-refractivity contribution in [2.24, 2.45) is 0 Å². The zero-order valence-electron chi connectivity index (χ0n) is 21.1. The highest BCUT2D eigenvalue weighted by atomic mass is 32.1. The van der Waals surface area contributed by atoms with Crippen LogP contribution in [0.1, 0.15) is 29.8 Å². The van der Waals surface area contributed by atoms with Crippen molar-refractivity contribution in [2.45, 2.75) is 33.6 Å². The van der Waals surface area contributed by atoms with E-state index < -0.39 is 0 Å². The predicted molar refractivity (Wildman–Crippen MR) is 159 cm³/mol. The van der Waals surface area contributed by atoms with Crippen LogP contribution >= 0.6 is 22.9 Å². The van der Waals surface area contributed by atoms with Crippen molar-refractivity contribution < 1.29 is 0 Å². The van der Waals surface area contributed by atoms with Gasteiger partial charge < -0.3 is 39.3 Å². The molecule has 2 aromatic carbocycles. The maximum atomic E-state index is 5.64. The van der Waals surface area contributed by atoms with Crippen LogP contribution < -0.4 is 39.3 Å². The molecule has 3 heterocycles. The SMILES string of the molecule is Cc1cc(N)ccc1N.Cc1cc(N)ccc1N.Cc1nsc(N)n1.Nc1ccc(N2CCCC2)s1. The highest BCUT2D eigenvalue weighted by Crippen LogP contribution is 2.29. The first-order valence-corrected chi connectivity index (χ1v) is 13.0. The van der Waals surface area contributed by atoms with Gasteiger partial charge in [0.1, 0.15) is 5.82 Å². The molecule has 36 heavy (non-hydrogen) atoms. The summed E-state index contributed by atoms with van der Waals surface area (Å²) < 4.78 is 3.82. The Labute approximate surface area is 221 Å². The van der Waals surface area contributed by atoms with Crippen LogP contribution in [-0.2, 0) is 0 Å². The molecule has 9 nitrogen and oxygen atoms in total. The quantitative estimate of drug-likeness (QED) is 0.191. The predicted octanol–water partition coefficient (Wildman–Crippen LogP) is 4.68.